The van der Waals surface area contributed by atoms with E-state index in [1.807, 2.05) is 18.2 Å². The van der Waals surface area contributed by atoms with Gasteiger partial charge in [0.15, 0.2) is 0 Å². The fraction of sp³-hybridized carbons (Fsp3) is 0.200. The van der Waals surface area contributed by atoms with Crippen molar-refractivity contribution in [2.24, 2.45) is 0 Å². The van der Waals surface area contributed by atoms with Crippen molar-refractivity contribution >= 4 is 11.6 Å². The van der Waals surface area contributed by atoms with Crippen molar-refractivity contribution in [2.45, 2.75) is 25.7 Å². The first-order valence-corrected chi connectivity index (χ1v) is 7.78. The van der Waals surface area contributed by atoms with Crippen molar-refractivity contribution in [3.63, 3.8) is 0 Å². The highest BCUT2D eigenvalue weighted by atomic mass is 35.5. The number of hydrogen-bond donors (Lipinski definition) is 0. The molecule has 0 N–H and O–H groups in total. The second kappa shape index (κ2) is 8.49. The summed E-state index contributed by atoms with van der Waals surface area (Å²) in [5.74, 6) is 0. The number of allylic oxidation sites excluding steroid dienone is 3. The summed E-state index contributed by atoms with van der Waals surface area (Å²) in [6, 6.07) is 16.7. The minimum Gasteiger partial charge on any atom is -0.103 e. The maximum Gasteiger partial charge on any atom is 0.0406 e. The minimum absolute atomic E-state index is 0.775. The molecule has 0 saturated carbocycles. The van der Waals surface area contributed by atoms with Crippen LogP contribution in [0.5, 0.6) is 0 Å². The van der Waals surface area contributed by atoms with Gasteiger partial charge in [0.25, 0.3) is 0 Å². The predicted octanol–water partition coefficient (Wildman–Crippen LogP) is 6.46. The average molecular weight is 297 g/mol. The molecule has 0 radical (unpaired) electrons. The van der Waals surface area contributed by atoms with E-state index in [0.29, 0.717) is 0 Å². The Morgan fingerprint density at radius 1 is 0.810 bits per heavy atom. The molecular weight excluding hydrogens is 276 g/mol. The highest BCUT2D eigenvalue weighted by Crippen LogP contribution is 2.22. The number of benzene rings is 2. The molecule has 2 aromatic carbocycles. The number of halogens is 1. The van der Waals surface area contributed by atoms with Gasteiger partial charge in [-0.1, -0.05) is 66.2 Å². The van der Waals surface area contributed by atoms with Gasteiger partial charge in [0.2, 0.25) is 0 Å². The molecule has 0 aromatic heterocycles. The minimum atomic E-state index is 0.775. The lowest BCUT2D eigenvalue weighted by Gasteiger charge is -2.03. The van der Waals surface area contributed by atoms with Gasteiger partial charge < -0.3 is 0 Å². The van der Waals surface area contributed by atoms with Crippen LogP contribution in [0.2, 0.25) is 5.02 Å². The van der Waals surface area contributed by atoms with Crippen LogP contribution >= 0.6 is 11.6 Å². The molecule has 0 heterocycles. The quantitative estimate of drug-likeness (QED) is 0.406. The van der Waals surface area contributed by atoms with Crippen LogP contribution < -0.4 is 0 Å². The third-order valence-electron chi connectivity index (χ3n) is 3.43. The van der Waals surface area contributed by atoms with Crippen molar-refractivity contribution in [3.05, 3.63) is 83.9 Å². The van der Waals surface area contributed by atoms with Gasteiger partial charge in [-0.2, -0.15) is 0 Å². The van der Waals surface area contributed by atoms with Crippen molar-refractivity contribution in [2.75, 3.05) is 0 Å². The molecule has 0 aliphatic rings. The van der Waals surface area contributed by atoms with E-state index in [0.717, 1.165) is 24.3 Å². The lowest BCUT2D eigenvalue weighted by molar-refractivity contribution is 0.867. The monoisotopic (exact) mass is 296 g/mol. The topological polar surface area (TPSA) is 0 Å². The van der Waals surface area contributed by atoms with Gasteiger partial charge in [0.1, 0.15) is 0 Å². The fourth-order valence-electron chi connectivity index (χ4n) is 2.19. The molecule has 0 saturated heterocycles. The summed E-state index contributed by atoms with van der Waals surface area (Å²) >= 11 is 5.91. The van der Waals surface area contributed by atoms with Crippen molar-refractivity contribution in [1.29, 1.82) is 0 Å². The first-order valence-electron chi connectivity index (χ1n) is 7.40. The molecule has 0 aliphatic heterocycles. The van der Waals surface area contributed by atoms with Gasteiger partial charge in [0, 0.05) is 5.02 Å². The third kappa shape index (κ3) is 5.24. The van der Waals surface area contributed by atoms with Crippen molar-refractivity contribution in [3.8, 4) is 11.1 Å². The summed E-state index contributed by atoms with van der Waals surface area (Å²) in [4.78, 5) is 0. The van der Waals surface area contributed by atoms with E-state index in [1.165, 1.54) is 23.1 Å². The molecule has 1 heteroatoms. The molecule has 0 spiro atoms. The maximum absolute atomic E-state index is 5.91. The smallest absolute Gasteiger partial charge is 0.0406 e. The van der Waals surface area contributed by atoms with Gasteiger partial charge >= 0.3 is 0 Å². The SMILES string of the molecule is C=CCCC/C=C\Cc1ccc(-c2ccc(Cl)cc2)cc1. The Labute approximate surface area is 132 Å². The zero-order valence-electron chi connectivity index (χ0n) is 12.3. The standard InChI is InChI=1S/C20H21Cl/c1-2-3-4-5-6-7-8-17-9-11-18(12-10-17)19-13-15-20(21)16-14-19/h2,6-7,9-16H,1,3-5,8H2/b7-6-. The lowest BCUT2D eigenvalue weighted by Crippen LogP contribution is -1.82. The number of hydrogen-bond acceptors (Lipinski definition) is 0. The number of rotatable bonds is 7. The zero-order chi connectivity index (χ0) is 14.9. The molecule has 0 amide bonds. The van der Waals surface area contributed by atoms with Crippen LogP contribution in [-0.2, 0) is 6.42 Å². The van der Waals surface area contributed by atoms with E-state index in [1.54, 1.807) is 0 Å². The first-order chi connectivity index (χ1) is 10.3. The molecule has 0 unspecified atom stereocenters. The molecule has 2 aromatic rings. The largest absolute Gasteiger partial charge is 0.103 e. The van der Waals surface area contributed by atoms with Crippen molar-refractivity contribution < 1.29 is 0 Å². The summed E-state index contributed by atoms with van der Waals surface area (Å²) in [6.07, 6.45) is 10.9. The molecule has 0 bridgehead atoms. The maximum atomic E-state index is 5.91. The molecule has 0 atom stereocenters. The molecule has 0 aliphatic carbocycles. The molecule has 0 nitrogen and oxygen atoms in total. The summed E-state index contributed by atoms with van der Waals surface area (Å²) < 4.78 is 0. The second-order valence-electron chi connectivity index (χ2n) is 5.10. The van der Waals surface area contributed by atoms with Crippen LogP contribution in [0.15, 0.2) is 73.3 Å². The molecule has 0 fully saturated rings. The van der Waals surface area contributed by atoms with E-state index < -0.39 is 0 Å². The predicted molar refractivity (Wildman–Crippen MR) is 93.8 cm³/mol. The average Bonchev–Trinajstić information content (AvgIpc) is 2.52. The van der Waals surface area contributed by atoms with E-state index in [4.69, 9.17) is 11.6 Å². The van der Waals surface area contributed by atoms with Crippen molar-refractivity contribution in [1.82, 2.24) is 0 Å². The van der Waals surface area contributed by atoms with Crippen LogP contribution in [0.4, 0.5) is 0 Å². The molecule has 108 valence electrons. The summed E-state index contributed by atoms with van der Waals surface area (Å²) in [5, 5.41) is 0.775. The highest BCUT2D eigenvalue weighted by molar-refractivity contribution is 6.30. The van der Waals surface area contributed by atoms with Gasteiger partial charge in [-0.3, -0.25) is 0 Å². The van der Waals surface area contributed by atoms with E-state index in [-0.39, 0.29) is 0 Å². The Kier molecular flexibility index (Phi) is 6.30. The molecule has 21 heavy (non-hydrogen) atoms. The Hall–Kier alpha value is -1.79. The second-order valence-corrected chi connectivity index (χ2v) is 5.54. The Bertz CT molecular complexity index is 576. The number of unbranched alkanes of at least 4 members (excludes halogenated alkanes) is 2. The van der Waals surface area contributed by atoms with E-state index in [2.05, 4.69) is 55.1 Å². The summed E-state index contributed by atoms with van der Waals surface area (Å²) in [7, 11) is 0. The molecular formula is C20H21Cl. The first kappa shape index (κ1) is 15.6. The van der Waals surface area contributed by atoms with Crippen LogP contribution in [0, 0.1) is 0 Å². The Morgan fingerprint density at radius 2 is 1.43 bits per heavy atom. The third-order valence-corrected chi connectivity index (χ3v) is 3.68. The summed E-state index contributed by atoms with van der Waals surface area (Å²) in [6.45, 7) is 3.73. The molecule has 2 rings (SSSR count). The fourth-order valence-corrected chi connectivity index (χ4v) is 2.32. The van der Waals surface area contributed by atoms with Gasteiger partial charge in [0.05, 0.1) is 0 Å². The normalized spacial score (nSPS) is 10.9. The van der Waals surface area contributed by atoms with E-state index >= 15 is 0 Å². The summed E-state index contributed by atoms with van der Waals surface area (Å²) in [5.41, 5.74) is 3.77. The van der Waals surface area contributed by atoms with Crippen LogP contribution in [-0.4, -0.2) is 0 Å². The van der Waals surface area contributed by atoms with E-state index in [9.17, 15) is 0 Å². The zero-order valence-corrected chi connectivity index (χ0v) is 13.0. The lowest BCUT2D eigenvalue weighted by atomic mass is 10.0. The highest BCUT2D eigenvalue weighted by Gasteiger charge is 1.97. The van der Waals surface area contributed by atoms with Crippen LogP contribution in [0.1, 0.15) is 24.8 Å². The van der Waals surface area contributed by atoms with Crippen LogP contribution in [0.3, 0.4) is 0 Å². The van der Waals surface area contributed by atoms with Gasteiger partial charge in [-0.05, 0) is 54.5 Å². The van der Waals surface area contributed by atoms with Crippen LogP contribution in [0.25, 0.3) is 11.1 Å². The Morgan fingerprint density at radius 3 is 2.05 bits per heavy atom. The van der Waals surface area contributed by atoms with Gasteiger partial charge in [-0.15, -0.1) is 6.58 Å². The Balaban J connectivity index is 1.90. The van der Waals surface area contributed by atoms with Gasteiger partial charge in [-0.25, -0.2) is 0 Å².